The second-order valence-corrected chi connectivity index (χ2v) is 4.58. The zero-order valence-corrected chi connectivity index (χ0v) is 12.0. The average molecular weight is 285 g/mol. The quantitative estimate of drug-likeness (QED) is 0.830. The van der Waals surface area contributed by atoms with Gasteiger partial charge in [0.2, 0.25) is 0 Å². The maximum Gasteiger partial charge on any atom is 0.257 e. The molecule has 2 N–H and O–H groups in total. The third-order valence-electron chi connectivity index (χ3n) is 3.17. The fraction of sp³-hybridized carbons (Fsp3) is 0.500. The Bertz CT molecular complexity index is 408. The number of amides is 1. The summed E-state index contributed by atoms with van der Waals surface area (Å²) in [6, 6.07) is 7.83. The van der Waals surface area contributed by atoms with Crippen molar-refractivity contribution in [2.45, 2.75) is 13.3 Å². The van der Waals surface area contributed by atoms with Gasteiger partial charge in [0.1, 0.15) is 5.75 Å². The van der Waals surface area contributed by atoms with Crippen molar-refractivity contribution in [1.29, 1.82) is 0 Å². The monoisotopic (exact) mass is 284 g/mol. The van der Waals surface area contributed by atoms with E-state index in [1.54, 1.807) is 0 Å². The van der Waals surface area contributed by atoms with Crippen LogP contribution >= 0.6 is 12.4 Å². The van der Waals surface area contributed by atoms with Crippen LogP contribution in [0.15, 0.2) is 24.3 Å². The molecule has 0 saturated carbocycles. The van der Waals surface area contributed by atoms with Crippen LogP contribution < -0.4 is 15.4 Å². The summed E-state index contributed by atoms with van der Waals surface area (Å²) in [6.45, 7) is 4.91. The van der Waals surface area contributed by atoms with E-state index in [-0.39, 0.29) is 24.9 Å². The van der Waals surface area contributed by atoms with E-state index in [1.807, 2.05) is 24.3 Å². The van der Waals surface area contributed by atoms with E-state index in [1.165, 1.54) is 0 Å². The van der Waals surface area contributed by atoms with Crippen molar-refractivity contribution < 1.29 is 9.53 Å². The number of nitrogens with one attached hydrogen (secondary N) is 2. The third kappa shape index (κ3) is 4.73. The van der Waals surface area contributed by atoms with E-state index in [9.17, 15) is 4.79 Å². The van der Waals surface area contributed by atoms with Gasteiger partial charge in [0.15, 0.2) is 6.61 Å². The molecule has 0 atom stereocenters. The Morgan fingerprint density at radius 3 is 2.79 bits per heavy atom. The first-order valence-corrected chi connectivity index (χ1v) is 6.47. The zero-order valence-electron chi connectivity index (χ0n) is 11.1. The molecule has 1 heterocycles. The van der Waals surface area contributed by atoms with Crippen LogP contribution in [0.5, 0.6) is 5.75 Å². The Balaban J connectivity index is 0.00000180. The minimum atomic E-state index is -0.0483. The highest BCUT2D eigenvalue weighted by molar-refractivity contribution is 5.85. The highest BCUT2D eigenvalue weighted by Crippen LogP contribution is 2.17. The van der Waals surface area contributed by atoms with Crippen molar-refractivity contribution in [3.63, 3.8) is 0 Å². The van der Waals surface area contributed by atoms with Gasteiger partial charge in [-0.2, -0.15) is 0 Å². The molecule has 0 radical (unpaired) electrons. The second-order valence-electron chi connectivity index (χ2n) is 4.58. The molecule has 2 rings (SSSR count). The highest BCUT2D eigenvalue weighted by Gasteiger charge is 2.17. The first kappa shape index (κ1) is 15.8. The SMILES string of the molecule is CCc1ccccc1OCC(=O)NCC1CNC1.Cl. The van der Waals surface area contributed by atoms with Gasteiger partial charge in [0.05, 0.1) is 0 Å². The van der Waals surface area contributed by atoms with E-state index < -0.39 is 0 Å². The normalized spacial score (nSPS) is 14.2. The van der Waals surface area contributed by atoms with Gasteiger partial charge in [0.25, 0.3) is 5.91 Å². The lowest BCUT2D eigenvalue weighted by Gasteiger charge is -2.27. The summed E-state index contributed by atoms with van der Waals surface area (Å²) in [5.74, 6) is 1.34. The second kappa shape index (κ2) is 8.02. The number of hydrogen-bond donors (Lipinski definition) is 2. The molecule has 1 saturated heterocycles. The van der Waals surface area contributed by atoms with Gasteiger partial charge in [-0.3, -0.25) is 4.79 Å². The Morgan fingerprint density at radius 2 is 2.16 bits per heavy atom. The lowest BCUT2D eigenvalue weighted by Crippen LogP contribution is -2.48. The molecule has 4 nitrogen and oxygen atoms in total. The summed E-state index contributed by atoms with van der Waals surface area (Å²) >= 11 is 0. The summed E-state index contributed by atoms with van der Waals surface area (Å²) in [6.07, 6.45) is 0.908. The van der Waals surface area contributed by atoms with Gasteiger partial charge in [-0.25, -0.2) is 0 Å². The van der Waals surface area contributed by atoms with Crippen molar-refractivity contribution in [3.05, 3.63) is 29.8 Å². The van der Waals surface area contributed by atoms with Crippen molar-refractivity contribution in [1.82, 2.24) is 10.6 Å². The number of carbonyl (C=O) groups excluding carboxylic acids is 1. The van der Waals surface area contributed by atoms with Crippen LogP contribution in [0, 0.1) is 5.92 Å². The molecule has 106 valence electrons. The van der Waals surface area contributed by atoms with Crippen LogP contribution in [0.2, 0.25) is 0 Å². The van der Waals surface area contributed by atoms with E-state index in [0.29, 0.717) is 5.92 Å². The Kier molecular flexibility index (Phi) is 6.67. The van der Waals surface area contributed by atoms with Crippen molar-refractivity contribution in [2.75, 3.05) is 26.2 Å². The van der Waals surface area contributed by atoms with E-state index >= 15 is 0 Å². The Hall–Kier alpha value is -1.26. The number of carbonyl (C=O) groups is 1. The van der Waals surface area contributed by atoms with Gasteiger partial charge in [-0.15, -0.1) is 12.4 Å². The molecule has 5 heteroatoms. The largest absolute Gasteiger partial charge is 0.483 e. The summed E-state index contributed by atoms with van der Waals surface area (Å²) in [7, 11) is 0. The molecular formula is C14H21ClN2O2. The summed E-state index contributed by atoms with van der Waals surface area (Å²) in [5, 5.41) is 6.06. The summed E-state index contributed by atoms with van der Waals surface area (Å²) in [4.78, 5) is 11.6. The topological polar surface area (TPSA) is 50.4 Å². The first-order valence-electron chi connectivity index (χ1n) is 6.47. The molecule has 1 aromatic carbocycles. The number of hydrogen-bond acceptors (Lipinski definition) is 3. The first-order chi connectivity index (χ1) is 8.79. The molecule has 0 spiro atoms. The lowest BCUT2D eigenvalue weighted by molar-refractivity contribution is -0.123. The van der Waals surface area contributed by atoms with Crippen molar-refractivity contribution in [3.8, 4) is 5.75 Å². The number of para-hydroxylation sites is 1. The molecular weight excluding hydrogens is 264 g/mol. The Morgan fingerprint density at radius 1 is 1.42 bits per heavy atom. The smallest absolute Gasteiger partial charge is 0.257 e. The predicted molar refractivity (Wildman–Crippen MR) is 77.9 cm³/mol. The molecule has 0 bridgehead atoms. The molecule has 0 unspecified atom stereocenters. The van der Waals surface area contributed by atoms with Gasteiger partial charge in [0, 0.05) is 25.6 Å². The molecule has 0 aliphatic carbocycles. The fourth-order valence-electron chi connectivity index (χ4n) is 1.88. The predicted octanol–water partition coefficient (Wildman–Crippen LogP) is 1.39. The van der Waals surface area contributed by atoms with Crippen LogP contribution in [0.1, 0.15) is 12.5 Å². The molecule has 1 aromatic rings. The van der Waals surface area contributed by atoms with Gasteiger partial charge in [-0.05, 0) is 18.1 Å². The molecule has 1 aliphatic rings. The maximum absolute atomic E-state index is 11.6. The maximum atomic E-state index is 11.6. The fourth-order valence-corrected chi connectivity index (χ4v) is 1.88. The van der Waals surface area contributed by atoms with Crippen molar-refractivity contribution in [2.24, 2.45) is 5.92 Å². The molecule has 19 heavy (non-hydrogen) atoms. The van der Waals surface area contributed by atoms with Crippen molar-refractivity contribution >= 4 is 18.3 Å². The van der Waals surface area contributed by atoms with E-state index in [0.717, 1.165) is 37.4 Å². The van der Waals surface area contributed by atoms with Gasteiger partial charge in [-0.1, -0.05) is 25.1 Å². The zero-order chi connectivity index (χ0) is 12.8. The average Bonchev–Trinajstić information content (AvgIpc) is 2.35. The van der Waals surface area contributed by atoms with Crippen LogP contribution in [-0.2, 0) is 11.2 Å². The van der Waals surface area contributed by atoms with Crippen LogP contribution in [-0.4, -0.2) is 32.1 Å². The minimum Gasteiger partial charge on any atom is -0.483 e. The third-order valence-corrected chi connectivity index (χ3v) is 3.17. The highest BCUT2D eigenvalue weighted by atomic mass is 35.5. The van der Waals surface area contributed by atoms with Crippen LogP contribution in [0.25, 0.3) is 0 Å². The molecule has 1 aliphatic heterocycles. The van der Waals surface area contributed by atoms with Crippen LogP contribution in [0.3, 0.4) is 0 Å². The lowest BCUT2D eigenvalue weighted by atomic mass is 10.0. The van der Waals surface area contributed by atoms with Crippen LogP contribution in [0.4, 0.5) is 0 Å². The van der Waals surface area contributed by atoms with E-state index in [2.05, 4.69) is 17.6 Å². The number of aryl methyl sites for hydroxylation is 1. The van der Waals surface area contributed by atoms with E-state index in [4.69, 9.17) is 4.74 Å². The summed E-state index contributed by atoms with van der Waals surface area (Å²) in [5.41, 5.74) is 1.13. The Labute approximate surface area is 120 Å². The number of ether oxygens (including phenoxy) is 1. The summed E-state index contributed by atoms with van der Waals surface area (Å²) < 4.78 is 5.55. The number of benzene rings is 1. The minimum absolute atomic E-state index is 0. The number of halogens is 1. The molecule has 1 fully saturated rings. The number of rotatable bonds is 6. The van der Waals surface area contributed by atoms with Gasteiger partial charge < -0.3 is 15.4 Å². The standard InChI is InChI=1S/C14H20N2O2.ClH/c1-2-12-5-3-4-6-13(12)18-10-14(17)16-9-11-7-15-8-11;/h3-6,11,15H,2,7-10H2,1H3,(H,16,17);1H. The molecule has 0 aromatic heterocycles. The molecule has 1 amide bonds. The van der Waals surface area contributed by atoms with Gasteiger partial charge >= 0.3 is 0 Å².